The predicted octanol–water partition coefficient (Wildman–Crippen LogP) is 2.72. The van der Waals surface area contributed by atoms with Gasteiger partial charge < -0.3 is 9.84 Å². The van der Waals surface area contributed by atoms with Crippen LogP contribution in [0.2, 0.25) is 0 Å². The van der Waals surface area contributed by atoms with E-state index in [9.17, 15) is 5.11 Å². The first-order valence-electron chi connectivity index (χ1n) is 6.57. The maximum atomic E-state index is 10.1. The van der Waals surface area contributed by atoms with Gasteiger partial charge in [0.05, 0.1) is 6.10 Å². The minimum atomic E-state index is -0.166. The van der Waals surface area contributed by atoms with Crippen LogP contribution in [0.25, 0.3) is 0 Å². The first-order valence-corrected chi connectivity index (χ1v) is 6.57. The third kappa shape index (κ3) is 3.83. The number of aliphatic hydroxyl groups is 1. The van der Waals surface area contributed by atoms with Gasteiger partial charge in [-0.2, -0.15) is 0 Å². The highest BCUT2D eigenvalue weighted by Gasteiger charge is 2.21. The normalized spacial score (nSPS) is 19.2. The van der Waals surface area contributed by atoms with Gasteiger partial charge in [0.15, 0.2) is 0 Å². The van der Waals surface area contributed by atoms with Crippen molar-refractivity contribution >= 4 is 0 Å². The van der Waals surface area contributed by atoms with Crippen molar-refractivity contribution in [3.63, 3.8) is 0 Å². The Kier molecular flexibility index (Phi) is 4.57. The molecular formula is C15H22O2. The van der Waals surface area contributed by atoms with Crippen molar-refractivity contribution in [2.24, 2.45) is 5.92 Å². The van der Waals surface area contributed by atoms with Crippen molar-refractivity contribution in [1.82, 2.24) is 0 Å². The molecule has 0 bridgehead atoms. The molecule has 1 fully saturated rings. The van der Waals surface area contributed by atoms with Crippen molar-refractivity contribution in [2.75, 3.05) is 13.2 Å². The topological polar surface area (TPSA) is 29.5 Å². The van der Waals surface area contributed by atoms with E-state index in [0.717, 1.165) is 38.9 Å². The molecule has 1 saturated heterocycles. The average molecular weight is 234 g/mol. The summed E-state index contributed by atoms with van der Waals surface area (Å²) < 4.78 is 5.31. The highest BCUT2D eigenvalue weighted by molar-refractivity contribution is 5.21. The molecule has 1 N–H and O–H groups in total. The number of rotatable bonds is 4. The Balaban J connectivity index is 1.78. The summed E-state index contributed by atoms with van der Waals surface area (Å²) in [6.45, 7) is 3.72. The van der Waals surface area contributed by atoms with Crippen LogP contribution in [0.1, 0.15) is 30.4 Å². The molecule has 1 heterocycles. The second kappa shape index (κ2) is 6.18. The van der Waals surface area contributed by atoms with Gasteiger partial charge in [0.25, 0.3) is 0 Å². The van der Waals surface area contributed by atoms with Crippen LogP contribution < -0.4 is 0 Å². The molecule has 1 aliphatic rings. The molecule has 2 heteroatoms. The smallest absolute Gasteiger partial charge is 0.0573 e. The highest BCUT2D eigenvalue weighted by atomic mass is 16.5. The van der Waals surface area contributed by atoms with Gasteiger partial charge >= 0.3 is 0 Å². The third-order valence-electron chi connectivity index (χ3n) is 3.66. The van der Waals surface area contributed by atoms with Gasteiger partial charge in [-0.15, -0.1) is 0 Å². The minimum absolute atomic E-state index is 0.166. The lowest BCUT2D eigenvalue weighted by Crippen LogP contribution is -2.27. The molecule has 17 heavy (non-hydrogen) atoms. The molecule has 94 valence electrons. The van der Waals surface area contributed by atoms with Crippen LogP contribution >= 0.6 is 0 Å². The van der Waals surface area contributed by atoms with Gasteiger partial charge in [0.2, 0.25) is 0 Å². The fraction of sp³-hybridized carbons (Fsp3) is 0.600. The van der Waals surface area contributed by atoms with E-state index in [2.05, 4.69) is 31.2 Å². The van der Waals surface area contributed by atoms with E-state index >= 15 is 0 Å². The molecule has 0 radical (unpaired) electrons. The Morgan fingerprint density at radius 2 is 1.88 bits per heavy atom. The lowest BCUT2D eigenvalue weighted by Gasteiger charge is -2.26. The molecule has 1 aliphatic heterocycles. The molecule has 0 aliphatic carbocycles. The first-order chi connectivity index (χ1) is 8.25. The van der Waals surface area contributed by atoms with Gasteiger partial charge in [-0.05, 0) is 44.1 Å². The number of ether oxygens (including phenoxy) is 1. The van der Waals surface area contributed by atoms with Gasteiger partial charge in [-0.3, -0.25) is 0 Å². The van der Waals surface area contributed by atoms with E-state index in [-0.39, 0.29) is 6.10 Å². The molecule has 0 amide bonds. The number of aryl methyl sites for hydroxylation is 2. The number of aliphatic hydroxyl groups excluding tert-OH is 1. The van der Waals surface area contributed by atoms with Crippen LogP contribution in [0.4, 0.5) is 0 Å². The zero-order valence-electron chi connectivity index (χ0n) is 10.6. The monoisotopic (exact) mass is 234 g/mol. The van der Waals surface area contributed by atoms with Gasteiger partial charge in [0, 0.05) is 13.2 Å². The molecule has 2 rings (SSSR count). The van der Waals surface area contributed by atoms with E-state index in [0.29, 0.717) is 5.92 Å². The third-order valence-corrected chi connectivity index (χ3v) is 3.66. The molecular weight excluding hydrogens is 212 g/mol. The summed E-state index contributed by atoms with van der Waals surface area (Å²) in [5.74, 6) is 0.439. The number of hydrogen-bond acceptors (Lipinski definition) is 2. The summed E-state index contributed by atoms with van der Waals surface area (Å²) in [6.07, 6.45) is 3.69. The molecule has 0 saturated carbocycles. The van der Waals surface area contributed by atoms with Gasteiger partial charge in [-0.1, -0.05) is 29.8 Å². The van der Waals surface area contributed by atoms with E-state index in [4.69, 9.17) is 4.74 Å². The molecule has 1 unspecified atom stereocenters. The Morgan fingerprint density at radius 1 is 1.24 bits per heavy atom. The van der Waals surface area contributed by atoms with Crippen molar-refractivity contribution in [3.05, 3.63) is 35.4 Å². The predicted molar refractivity (Wildman–Crippen MR) is 69.0 cm³/mol. The van der Waals surface area contributed by atoms with E-state index < -0.39 is 0 Å². The SMILES string of the molecule is Cc1ccc(CCC(O)C2CCOCC2)cc1. The quantitative estimate of drug-likeness (QED) is 0.868. The lowest BCUT2D eigenvalue weighted by molar-refractivity contribution is 0.00516. The van der Waals surface area contributed by atoms with E-state index in [1.807, 2.05) is 0 Å². The Labute approximate surface area is 104 Å². The van der Waals surface area contributed by atoms with Crippen molar-refractivity contribution < 1.29 is 9.84 Å². The van der Waals surface area contributed by atoms with Crippen LogP contribution in [0.15, 0.2) is 24.3 Å². The zero-order valence-corrected chi connectivity index (χ0v) is 10.6. The lowest BCUT2D eigenvalue weighted by atomic mass is 9.90. The summed E-state index contributed by atoms with van der Waals surface area (Å²) in [5, 5.41) is 10.1. The molecule has 2 nitrogen and oxygen atoms in total. The summed E-state index contributed by atoms with van der Waals surface area (Å²) in [5.41, 5.74) is 2.61. The van der Waals surface area contributed by atoms with Crippen molar-refractivity contribution in [3.8, 4) is 0 Å². The highest BCUT2D eigenvalue weighted by Crippen LogP contribution is 2.22. The summed E-state index contributed by atoms with van der Waals surface area (Å²) in [4.78, 5) is 0. The largest absolute Gasteiger partial charge is 0.393 e. The Hall–Kier alpha value is -0.860. The maximum Gasteiger partial charge on any atom is 0.0573 e. The standard InChI is InChI=1S/C15H22O2/c1-12-2-4-13(5-3-12)6-7-15(16)14-8-10-17-11-9-14/h2-5,14-16H,6-11H2,1H3. The second-order valence-corrected chi connectivity index (χ2v) is 5.04. The molecule has 1 atom stereocenters. The van der Waals surface area contributed by atoms with Crippen LogP contribution in [-0.4, -0.2) is 24.4 Å². The summed E-state index contributed by atoms with van der Waals surface area (Å²) in [7, 11) is 0. The van der Waals surface area contributed by atoms with Crippen molar-refractivity contribution in [2.45, 2.75) is 38.7 Å². The fourth-order valence-electron chi connectivity index (χ4n) is 2.41. The summed E-state index contributed by atoms with van der Waals surface area (Å²) >= 11 is 0. The maximum absolute atomic E-state index is 10.1. The van der Waals surface area contributed by atoms with Crippen molar-refractivity contribution in [1.29, 1.82) is 0 Å². The molecule has 0 aromatic heterocycles. The van der Waals surface area contributed by atoms with Gasteiger partial charge in [-0.25, -0.2) is 0 Å². The van der Waals surface area contributed by atoms with Crippen LogP contribution in [-0.2, 0) is 11.2 Å². The number of hydrogen-bond donors (Lipinski definition) is 1. The molecule has 0 spiro atoms. The minimum Gasteiger partial charge on any atom is -0.393 e. The van der Waals surface area contributed by atoms with E-state index in [1.54, 1.807) is 0 Å². The van der Waals surface area contributed by atoms with Crippen LogP contribution in [0.3, 0.4) is 0 Å². The Bertz CT molecular complexity index is 325. The summed E-state index contributed by atoms with van der Waals surface area (Å²) in [6, 6.07) is 8.59. The number of benzene rings is 1. The Morgan fingerprint density at radius 3 is 2.53 bits per heavy atom. The van der Waals surface area contributed by atoms with Gasteiger partial charge in [0.1, 0.15) is 0 Å². The second-order valence-electron chi connectivity index (χ2n) is 5.04. The van der Waals surface area contributed by atoms with Crippen LogP contribution in [0.5, 0.6) is 0 Å². The van der Waals surface area contributed by atoms with E-state index in [1.165, 1.54) is 11.1 Å². The first kappa shape index (κ1) is 12.6. The molecule has 1 aromatic rings. The average Bonchev–Trinajstić information content (AvgIpc) is 2.39. The van der Waals surface area contributed by atoms with Crippen LogP contribution in [0, 0.1) is 12.8 Å². The molecule has 1 aromatic carbocycles. The fourth-order valence-corrected chi connectivity index (χ4v) is 2.41. The zero-order chi connectivity index (χ0) is 12.1.